The molecule has 0 spiro atoms. The average Bonchev–Trinajstić information content (AvgIpc) is 2.36. The van der Waals surface area contributed by atoms with Gasteiger partial charge in [0.05, 0.1) is 24.4 Å². The van der Waals surface area contributed by atoms with Crippen LogP contribution in [0.4, 0.5) is 10.1 Å². The zero-order chi connectivity index (χ0) is 14.9. The van der Waals surface area contributed by atoms with Gasteiger partial charge in [-0.05, 0) is 32.9 Å². The molecule has 2 N–H and O–H groups in total. The number of ether oxygens (including phenoxy) is 1. The lowest BCUT2D eigenvalue weighted by atomic mass is 10.0. The largest absolute Gasteiger partial charge is 0.394 e. The molecule has 20 heavy (non-hydrogen) atoms. The third-order valence-electron chi connectivity index (χ3n) is 3.47. The number of morpholine rings is 1. The van der Waals surface area contributed by atoms with Gasteiger partial charge in [0, 0.05) is 24.3 Å². The Morgan fingerprint density at radius 1 is 1.50 bits per heavy atom. The van der Waals surface area contributed by atoms with Crippen LogP contribution in [-0.2, 0) is 4.74 Å². The Balaban J connectivity index is 2.38. The monoisotopic (exact) mass is 283 g/mol. The van der Waals surface area contributed by atoms with Gasteiger partial charge < -0.3 is 19.8 Å². The molecule has 4 nitrogen and oxygen atoms in total. The smallest absolute Gasteiger partial charge is 0.131 e. The zero-order valence-corrected chi connectivity index (χ0v) is 12.1. The van der Waals surface area contributed by atoms with Crippen LogP contribution in [0.2, 0.25) is 0 Å². The topological polar surface area (TPSA) is 52.9 Å². The van der Waals surface area contributed by atoms with Gasteiger partial charge in [-0.25, -0.2) is 4.39 Å². The molecule has 1 aliphatic heterocycles. The number of nitrogens with zero attached hydrogens (tertiary/aromatic N) is 1. The van der Waals surface area contributed by atoms with E-state index in [1.54, 1.807) is 19.1 Å². The third kappa shape index (κ3) is 3.11. The SMILES string of the molecule is C[C@@H](O)c1c(F)cccc1N1CC(CO)OC(C)(C)C1. The Bertz CT molecular complexity index is 476. The van der Waals surface area contributed by atoms with Crippen LogP contribution >= 0.6 is 0 Å². The molecule has 0 amide bonds. The molecule has 2 atom stereocenters. The maximum absolute atomic E-state index is 14.0. The van der Waals surface area contributed by atoms with Gasteiger partial charge in [-0.1, -0.05) is 6.07 Å². The Morgan fingerprint density at radius 3 is 2.80 bits per heavy atom. The molecule has 0 aliphatic carbocycles. The lowest BCUT2D eigenvalue weighted by molar-refractivity contribution is -0.101. The fraction of sp³-hybridized carbons (Fsp3) is 0.600. The van der Waals surface area contributed by atoms with Crippen molar-refractivity contribution < 1.29 is 19.3 Å². The Kier molecular flexibility index (Phi) is 4.32. The molecule has 1 aromatic carbocycles. The van der Waals surface area contributed by atoms with Gasteiger partial charge in [-0.15, -0.1) is 0 Å². The third-order valence-corrected chi connectivity index (χ3v) is 3.47. The van der Waals surface area contributed by atoms with Crippen LogP contribution in [0.25, 0.3) is 0 Å². The van der Waals surface area contributed by atoms with Crippen LogP contribution in [0.15, 0.2) is 18.2 Å². The highest BCUT2D eigenvalue weighted by Gasteiger charge is 2.34. The van der Waals surface area contributed by atoms with Gasteiger partial charge >= 0.3 is 0 Å². The van der Waals surface area contributed by atoms with Gasteiger partial charge in [0.1, 0.15) is 5.82 Å². The van der Waals surface area contributed by atoms with Crippen molar-refractivity contribution in [2.45, 2.75) is 38.6 Å². The highest BCUT2D eigenvalue weighted by atomic mass is 19.1. The number of halogens is 1. The molecular weight excluding hydrogens is 261 g/mol. The second-order valence-corrected chi connectivity index (χ2v) is 5.91. The van der Waals surface area contributed by atoms with E-state index in [0.29, 0.717) is 24.3 Å². The van der Waals surface area contributed by atoms with E-state index in [1.165, 1.54) is 6.07 Å². The molecule has 1 saturated heterocycles. The minimum absolute atomic E-state index is 0.0841. The van der Waals surface area contributed by atoms with Crippen molar-refractivity contribution in [3.8, 4) is 0 Å². The zero-order valence-electron chi connectivity index (χ0n) is 12.1. The molecule has 0 radical (unpaired) electrons. The molecular formula is C15H22FNO3. The summed E-state index contributed by atoms with van der Waals surface area (Å²) in [4.78, 5) is 1.97. The normalized spacial score (nSPS) is 23.7. The van der Waals surface area contributed by atoms with E-state index < -0.39 is 17.5 Å². The van der Waals surface area contributed by atoms with E-state index in [-0.39, 0.29) is 12.7 Å². The first-order chi connectivity index (χ1) is 9.34. The Morgan fingerprint density at radius 2 is 2.20 bits per heavy atom. The van der Waals surface area contributed by atoms with Crippen molar-refractivity contribution in [3.05, 3.63) is 29.6 Å². The van der Waals surface area contributed by atoms with Crippen LogP contribution in [0.5, 0.6) is 0 Å². The lowest BCUT2D eigenvalue weighted by Gasteiger charge is -2.44. The molecule has 0 bridgehead atoms. The predicted octanol–water partition coefficient (Wildman–Crippen LogP) is 1.86. The van der Waals surface area contributed by atoms with Crippen LogP contribution < -0.4 is 4.90 Å². The molecule has 1 aliphatic rings. The molecule has 1 unspecified atom stereocenters. The highest BCUT2D eigenvalue weighted by Crippen LogP contribution is 2.33. The number of hydrogen-bond donors (Lipinski definition) is 2. The summed E-state index contributed by atoms with van der Waals surface area (Å²) in [6, 6.07) is 4.77. The molecule has 1 aromatic rings. The van der Waals surface area contributed by atoms with Crippen LogP contribution in [-0.4, -0.2) is 41.6 Å². The average molecular weight is 283 g/mol. The van der Waals surface area contributed by atoms with E-state index in [2.05, 4.69) is 0 Å². The van der Waals surface area contributed by atoms with Gasteiger partial charge in [-0.3, -0.25) is 0 Å². The van der Waals surface area contributed by atoms with Crippen molar-refractivity contribution in [1.29, 1.82) is 0 Å². The van der Waals surface area contributed by atoms with Crippen LogP contribution in [0.3, 0.4) is 0 Å². The molecule has 1 heterocycles. The Hall–Kier alpha value is -1.17. The summed E-state index contributed by atoms with van der Waals surface area (Å²) in [5.41, 5.74) is 0.519. The summed E-state index contributed by atoms with van der Waals surface area (Å²) in [5, 5.41) is 19.2. The van der Waals surface area contributed by atoms with Crippen molar-refractivity contribution in [2.75, 3.05) is 24.6 Å². The van der Waals surface area contributed by atoms with Crippen molar-refractivity contribution in [3.63, 3.8) is 0 Å². The van der Waals surface area contributed by atoms with Crippen molar-refractivity contribution in [1.82, 2.24) is 0 Å². The summed E-state index contributed by atoms with van der Waals surface area (Å²) >= 11 is 0. The van der Waals surface area contributed by atoms with E-state index in [4.69, 9.17) is 4.74 Å². The fourth-order valence-electron chi connectivity index (χ4n) is 2.79. The summed E-state index contributed by atoms with van der Waals surface area (Å²) < 4.78 is 19.7. The molecule has 112 valence electrons. The van der Waals surface area contributed by atoms with Crippen molar-refractivity contribution >= 4 is 5.69 Å². The number of anilines is 1. The summed E-state index contributed by atoms with van der Waals surface area (Å²) in [6.45, 7) is 6.39. The first-order valence-corrected chi connectivity index (χ1v) is 6.84. The standard InChI is InChI=1S/C15H22FNO3/c1-10(19)14-12(16)5-4-6-13(14)17-7-11(8-18)20-15(2,3)9-17/h4-6,10-11,18-19H,7-9H2,1-3H3/t10-,11?/m1/s1. The van der Waals surface area contributed by atoms with Gasteiger partial charge in [0.15, 0.2) is 0 Å². The molecule has 0 aromatic heterocycles. The molecule has 5 heteroatoms. The fourth-order valence-corrected chi connectivity index (χ4v) is 2.79. The summed E-state index contributed by atoms with van der Waals surface area (Å²) in [6.07, 6.45) is -1.20. The summed E-state index contributed by atoms with van der Waals surface area (Å²) in [7, 11) is 0. The van der Waals surface area contributed by atoms with E-state index >= 15 is 0 Å². The first-order valence-electron chi connectivity index (χ1n) is 6.84. The summed E-state index contributed by atoms with van der Waals surface area (Å²) in [5.74, 6) is -0.414. The number of aliphatic hydroxyl groups is 2. The quantitative estimate of drug-likeness (QED) is 0.889. The minimum atomic E-state index is -0.885. The number of aliphatic hydroxyl groups excluding tert-OH is 2. The minimum Gasteiger partial charge on any atom is -0.394 e. The Labute approximate surface area is 118 Å². The second kappa shape index (κ2) is 5.68. The maximum atomic E-state index is 14.0. The lowest BCUT2D eigenvalue weighted by Crippen LogP contribution is -2.54. The highest BCUT2D eigenvalue weighted by molar-refractivity contribution is 5.56. The first kappa shape index (κ1) is 15.2. The molecule has 2 rings (SSSR count). The molecule has 1 fully saturated rings. The van der Waals surface area contributed by atoms with E-state index in [9.17, 15) is 14.6 Å². The van der Waals surface area contributed by atoms with Crippen molar-refractivity contribution in [2.24, 2.45) is 0 Å². The molecule has 0 saturated carbocycles. The van der Waals surface area contributed by atoms with E-state index in [1.807, 2.05) is 18.7 Å². The number of hydrogen-bond acceptors (Lipinski definition) is 4. The van der Waals surface area contributed by atoms with Gasteiger partial charge in [-0.2, -0.15) is 0 Å². The van der Waals surface area contributed by atoms with E-state index in [0.717, 1.165) is 0 Å². The van der Waals surface area contributed by atoms with Gasteiger partial charge in [0.25, 0.3) is 0 Å². The van der Waals surface area contributed by atoms with Crippen LogP contribution in [0, 0.1) is 5.82 Å². The predicted molar refractivity (Wildman–Crippen MR) is 75.3 cm³/mol. The maximum Gasteiger partial charge on any atom is 0.131 e. The van der Waals surface area contributed by atoms with Gasteiger partial charge in [0.2, 0.25) is 0 Å². The van der Waals surface area contributed by atoms with Crippen LogP contribution in [0.1, 0.15) is 32.4 Å². The number of benzene rings is 1. The second-order valence-electron chi connectivity index (χ2n) is 5.91. The number of rotatable bonds is 3.